The van der Waals surface area contributed by atoms with Gasteiger partial charge in [-0.1, -0.05) is 54.6 Å². The van der Waals surface area contributed by atoms with Gasteiger partial charge in [0, 0.05) is 36.8 Å². The van der Waals surface area contributed by atoms with Crippen molar-refractivity contribution in [1.82, 2.24) is 9.88 Å². The highest BCUT2D eigenvalue weighted by Gasteiger charge is 2.61. The molecule has 2 unspecified atom stereocenters. The third-order valence-corrected chi connectivity index (χ3v) is 9.25. The predicted octanol–water partition coefficient (Wildman–Crippen LogP) is 5.57. The molecule has 3 atom stereocenters. The number of aliphatic carboxylic acids is 1. The van der Waals surface area contributed by atoms with Crippen LogP contribution in [0.4, 0.5) is 5.69 Å². The topological polar surface area (TPSA) is 112 Å². The van der Waals surface area contributed by atoms with Gasteiger partial charge in [-0.2, -0.15) is 0 Å². The van der Waals surface area contributed by atoms with E-state index in [0.717, 1.165) is 69.3 Å². The number of hydrogen-bond donors (Lipinski definition) is 2. The normalized spacial score (nSPS) is 24.5. The minimum Gasteiger partial charge on any atom is -0.480 e. The van der Waals surface area contributed by atoms with Crippen molar-refractivity contribution in [3.8, 4) is 0 Å². The van der Waals surface area contributed by atoms with E-state index in [-0.39, 0.29) is 39.6 Å². The highest BCUT2D eigenvalue weighted by Crippen LogP contribution is 2.53. The number of carboxylic acid groups (broad SMARTS) is 1. The molecule has 10 heteroatoms. The van der Waals surface area contributed by atoms with Gasteiger partial charge in [0.25, 0.3) is 5.91 Å². The molecule has 1 amide bonds. The number of piperidine rings is 1. The van der Waals surface area contributed by atoms with Crippen molar-refractivity contribution in [2.45, 2.75) is 57.4 Å². The number of amides is 1. The molecule has 0 bridgehead atoms. The summed E-state index contributed by atoms with van der Waals surface area (Å²) in [6.07, 6.45) is 9.50. The Labute approximate surface area is 244 Å². The molecule has 1 aromatic heterocycles. The van der Waals surface area contributed by atoms with E-state index in [0.29, 0.717) is 5.69 Å². The molecule has 5 rings (SSSR count). The van der Waals surface area contributed by atoms with Crippen LogP contribution >= 0.6 is 23.2 Å². The SMILES string of the molecule is CN1CCCC(C2C(=O)C3(CCCCC3)C2=N[C@@H](Cc2ccc(NC(=O)c3c(Cl)cncc3Cl)cc2)C(=O)O)C1. The molecule has 2 aliphatic carbocycles. The second kappa shape index (κ2) is 12.0. The number of nitrogens with one attached hydrogen (secondary N) is 1. The van der Waals surface area contributed by atoms with Gasteiger partial charge in [0.15, 0.2) is 11.8 Å². The summed E-state index contributed by atoms with van der Waals surface area (Å²) in [6.45, 7) is 1.86. The number of pyridine rings is 1. The van der Waals surface area contributed by atoms with Crippen LogP contribution in [0, 0.1) is 17.3 Å². The van der Waals surface area contributed by atoms with Gasteiger partial charge >= 0.3 is 5.97 Å². The molecule has 1 aromatic carbocycles. The van der Waals surface area contributed by atoms with Crippen molar-refractivity contribution < 1.29 is 19.5 Å². The number of halogens is 2. The first-order valence-electron chi connectivity index (χ1n) is 13.9. The quantitative estimate of drug-likeness (QED) is 0.440. The highest BCUT2D eigenvalue weighted by molar-refractivity contribution is 6.40. The number of Topliss-reactive ketones (excluding diaryl/α,β-unsaturated/α-hetero) is 1. The Bertz CT molecular complexity index is 1300. The summed E-state index contributed by atoms with van der Waals surface area (Å²) in [4.78, 5) is 49.7. The molecule has 2 aromatic rings. The number of aromatic nitrogens is 1. The molecular formula is C30H34Cl2N4O4. The zero-order valence-electron chi connectivity index (χ0n) is 22.5. The van der Waals surface area contributed by atoms with Crippen LogP contribution in [0.3, 0.4) is 0 Å². The van der Waals surface area contributed by atoms with Crippen LogP contribution in [0.1, 0.15) is 60.9 Å². The fourth-order valence-corrected chi connectivity index (χ4v) is 7.21. The van der Waals surface area contributed by atoms with Crippen molar-refractivity contribution in [2.24, 2.45) is 22.2 Å². The number of aliphatic imine (C=N–C) groups is 1. The zero-order chi connectivity index (χ0) is 28.4. The molecule has 40 heavy (non-hydrogen) atoms. The molecule has 1 saturated heterocycles. The van der Waals surface area contributed by atoms with Gasteiger partial charge in [0.05, 0.1) is 26.9 Å². The van der Waals surface area contributed by atoms with Crippen LogP contribution in [-0.2, 0) is 16.0 Å². The predicted molar refractivity (Wildman–Crippen MR) is 155 cm³/mol. The van der Waals surface area contributed by atoms with Gasteiger partial charge in [-0.15, -0.1) is 0 Å². The summed E-state index contributed by atoms with van der Waals surface area (Å²) < 4.78 is 0. The lowest BCUT2D eigenvalue weighted by atomic mass is 9.50. The zero-order valence-corrected chi connectivity index (χ0v) is 24.0. The number of ketones is 1. The molecule has 2 N–H and O–H groups in total. The molecule has 2 saturated carbocycles. The summed E-state index contributed by atoms with van der Waals surface area (Å²) in [5, 5.41) is 13.2. The Kier molecular flexibility index (Phi) is 8.59. The Morgan fingerprint density at radius 2 is 1.80 bits per heavy atom. The van der Waals surface area contributed by atoms with Crippen LogP contribution < -0.4 is 5.32 Å². The molecule has 3 fully saturated rings. The summed E-state index contributed by atoms with van der Waals surface area (Å²) in [5.41, 5.74) is 1.68. The Balaban J connectivity index is 1.35. The summed E-state index contributed by atoms with van der Waals surface area (Å²) in [5.74, 6) is -1.27. The van der Waals surface area contributed by atoms with Crippen LogP contribution in [0.5, 0.6) is 0 Å². The molecule has 2 heterocycles. The van der Waals surface area contributed by atoms with Crippen molar-refractivity contribution in [2.75, 3.05) is 25.5 Å². The maximum atomic E-state index is 13.6. The van der Waals surface area contributed by atoms with Crippen LogP contribution in [0.25, 0.3) is 0 Å². The maximum absolute atomic E-state index is 13.6. The van der Waals surface area contributed by atoms with Gasteiger partial charge < -0.3 is 15.3 Å². The number of hydrogen-bond acceptors (Lipinski definition) is 6. The number of carboxylic acids is 1. The van der Waals surface area contributed by atoms with E-state index in [1.165, 1.54) is 12.4 Å². The number of rotatable bonds is 7. The minimum atomic E-state index is -1.00. The first kappa shape index (κ1) is 28.7. The number of benzene rings is 1. The summed E-state index contributed by atoms with van der Waals surface area (Å²) in [7, 11) is 2.08. The van der Waals surface area contributed by atoms with E-state index in [1.807, 2.05) is 0 Å². The fourth-order valence-electron chi connectivity index (χ4n) is 6.67. The van der Waals surface area contributed by atoms with E-state index in [4.69, 9.17) is 28.2 Å². The van der Waals surface area contributed by atoms with Crippen LogP contribution in [-0.4, -0.2) is 64.5 Å². The standard InChI is InChI=1S/C30H34Cl2N4O4/c1-36-13-5-6-19(17-36)24-26(30(27(24)37)11-3-2-4-12-30)35-23(29(39)40)14-18-7-9-20(10-8-18)34-28(38)25-21(31)15-33-16-22(25)32/h7-10,15-16,19,23-24H,2-6,11-14,17H2,1H3,(H,34,38)(H,39,40)/t19?,23-,24?/m0/s1. The minimum absolute atomic E-state index is 0.134. The lowest BCUT2D eigenvalue weighted by Gasteiger charge is -2.53. The van der Waals surface area contributed by atoms with Crippen LogP contribution in [0.15, 0.2) is 41.7 Å². The molecule has 1 aliphatic heterocycles. The first-order valence-corrected chi connectivity index (χ1v) is 14.7. The Hall–Kier alpha value is -2.81. The number of carbonyl (C=O) groups is 3. The van der Waals surface area contributed by atoms with Gasteiger partial charge in [-0.25, -0.2) is 4.79 Å². The molecule has 3 aliphatic rings. The third kappa shape index (κ3) is 5.67. The van der Waals surface area contributed by atoms with E-state index in [2.05, 4.69) is 22.2 Å². The molecule has 0 radical (unpaired) electrons. The van der Waals surface area contributed by atoms with E-state index in [1.54, 1.807) is 24.3 Å². The van der Waals surface area contributed by atoms with Crippen molar-refractivity contribution in [3.63, 3.8) is 0 Å². The second-order valence-electron chi connectivity index (χ2n) is 11.4. The number of nitrogens with zero attached hydrogens (tertiary/aromatic N) is 3. The van der Waals surface area contributed by atoms with E-state index < -0.39 is 23.3 Å². The second-order valence-corrected chi connectivity index (χ2v) is 12.2. The molecule has 1 spiro atoms. The Morgan fingerprint density at radius 1 is 1.12 bits per heavy atom. The number of likely N-dealkylation sites (tertiary alicyclic amines) is 1. The lowest BCUT2D eigenvalue weighted by molar-refractivity contribution is -0.139. The van der Waals surface area contributed by atoms with Gasteiger partial charge in [-0.05, 0) is 62.9 Å². The summed E-state index contributed by atoms with van der Waals surface area (Å²) >= 11 is 12.2. The highest BCUT2D eigenvalue weighted by atomic mass is 35.5. The van der Waals surface area contributed by atoms with Crippen molar-refractivity contribution in [1.29, 1.82) is 0 Å². The monoisotopic (exact) mass is 584 g/mol. The maximum Gasteiger partial charge on any atom is 0.328 e. The van der Waals surface area contributed by atoms with E-state index >= 15 is 0 Å². The largest absolute Gasteiger partial charge is 0.480 e. The molecule has 8 nitrogen and oxygen atoms in total. The van der Waals surface area contributed by atoms with Gasteiger partial charge in [0.1, 0.15) is 0 Å². The van der Waals surface area contributed by atoms with E-state index in [9.17, 15) is 19.5 Å². The van der Waals surface area contributed by atoms with Gasteiger partial charge in [0.2, 0.25) is 0 Å². The smallest absolute Gasteiger partial charge is 0.328 e. The van der Waals surface area contributed by atoms with Crippen molar-refractivity contribution in [3.05, 3.63) is 57.8 Å². The third-order valence-electron chi connectivity index (χ3n) is 8.68. The van der Waals surface area contributed by atoms with Crippen LogP contribution in [0.2, 0.25) is 10.0 Å². The number of anilines is 1. The molecule has 212 valence electrons. The van der Waals surface area contributed by atoms with Crippen molar-refractivity contribution >= 4 is 52.3 Å². The fraction of sp³-hybridized carbons (Fsp3) is 0.500. The Morgan fingerprint density at radius 3 is 2.42 bits per heavy atom. The number of carbonyl (C=O) groups excluding carboxylic acids is 2. The van der Waals surface area contributed by atoms with Gasteiger partial charge in [-0.3, -0.25) is 19.6 Å². The summed E-state index contributed by atoms with van der Waals surface area (Å²) in [6, 6.07) is 5.98. The molecular weight excluding hydrogens is 551 g/mol. The average Bonchev–Trinajstić information content (AvgIpc) is 2.93. The average molecular weight is 586 g/mol. The lowest BCUT2D eigenvalue weighted by Crippen LogP contribution is -2.63. The first-order chi connectivity index (χ1) is 19.2.